The van der Waals surface area contributed by atoms with Gasteiger partial charge in [-0.3, -0.25) is 4.68 Å². The maximum absolute atomic E-state index is 11.8. The summed E-state index contributed by atoms with van der Waals surface area (Å²) in [5.74, 6) is -0.501. The van der Waals surface area contributed by atoms with E-state index in [-0.39, 0.29) is 17.9 Å². The Morgan fingerprint density at radius 3 is 3.00 bits per heavy atom. The highest BCUT2D eigenvalue weighted by Gasteiger charge is 2.13. The average Bonchev–Trinajstić information content (AvgIpc) is 2.76. The number of ether oxygens (including phenoxy) is 1. The molecule has 18 heavy (non-hydrogen) atoms. The zero-order chi connectivity index (χ0) is 13.1. The molecule has 0 unspecified atom stereocenters. The van der Waals surface area contributed by atoms with Gasteiger partial charge in [-0.25, -0.2) is 4.79 Å². The van der Waals surface area contributed by atoms with E-state index < -0.39 is 5.97 Å². The molecule has 0 amide bonds. The van der Waals surface area contributed by atoms with Crippen LogP contribution in [0.3, 0.4) is 0 Å². The number of anilines is 1. The van der Waals surface area contributed by atoms with Crippen LogP contribution in [0.25, 0.3) is 0 Å². The summed E-state index contributed by atoms with van der Waals surface area (Å²) >= 11 is 5.83. The average molecular weight is 266 g/mol. The summed E-state index contributed by atoms with van der Waals surface area (Å²) in [6.45, 7) is 0.151. The van der Waals surface area contributed by atoms with Gasteiger partial charge in [0.1, 0.15) is 6.61 Å². The number of esters is 1. The first-order valence-corrected chi connectivity index (χ1v) is 5.64. The van der Waals surface area contributed by atoms with Gasteiger partial charge < -0.3 is 10.5 Å². The van der Waals surface area contributed by atoms with E-state index in [0.717, 1.165) is 5.56 Å². The fourth-order valence-electron chi connectivity index (χ4n) is 1.49. The first-order chi connectivity index (χ1) is 8.58. The highest BCUT2D eigenvalue weighted by atomic mass is 35.5. The number of nitrogens with zero attached hydrogens (tertiary/aromatic N) is 2. The van der Waals surface area contributed by atoms with Crippen molar-refractivity contribution < 1.29 is 9.53 Å². The first kappa shape index (κ1) is 12.4. The summed E-state index contributed by atoms with van der Waals surface area (Å²) in [5.41, 5.74) is 7.02. The second-order valence-corrected chi connectivity index (χ2v) is 4.21. The fourth-order valence-corrected chi connectivity index (χ4v) is 1.66. The Labute approximate surface area is 109 Å². The van der Waals surface area contributed by atoms with Crippen molar-refractivity contribution in [3.05, 3.63) is 46.7 Å². The van der Waals surface area contributed by atoms with Crippen molar-refractivity contribution in [1.82, 2.24) is 9.78 Å². The molecule has 0 bridgehead atoms. The molecule has 0 aliphatic heterocycles. The van der Waals surface area contributed by atoms with Crippen molar-refractivity contribution in [3.63, 3.8) is 0 Å². The summed E-state index contributed by atoms with van der Waals surface area (Å²) in [7, 11) is 1.79. The van der Waals surface area contributed by atoms with Gasteiger partial charge in [0.2, 0.25) is 0 Å². The van der Waals surface area contributed by atoms with Crippen molar-refractivity contribution in [2.75, 3.05) is 5.73 Å². The number of para-hydroxylation sites is 1. The molecule has 0 aliphatic carbocycles. The van der Waals surface area contributed by atoms with Crippen LogP contribution in [0.5, 0.6) is 0 Å². The predicted octanol–water partition coefficient (Wildman–Crippen LogP) is 2.01. The Kier molecular flexibility index (Phi) is 3.53. The molecule has 0 aliphatic rings. The lowest BCUT2D eigenvalue weighted by Crippen LogP contribution is -2.08. The van der Waals surface area contributed by atoms with Gasteiger partial charge in [0, 0.05) is 18.8 Å². The Morgan fingerprint density at radius 1 is 1.56 bits per heavy atom. The second kappa shape index (κ2) is 5.10. The van der Waals surface area contributed by atoms with Gasteiger partial charge in [-0.05, 0) is 12.1 Å². The van der Waals surface area contributed by atoms with E-state index >= 15 is 0 Å². The Hall–Kier alpha value is -2.01. The van der Waals surface area contributed by atoms with E-state index in [0.29, 0.717) is 5.02 Å². The smallest absolute Gasteiger partial charge is 0.340 e. The van der Waals surface area contributed by atoms with Crippen LogP contribution in [0.15, 0.2) is 30.6 Å². The molecule has 94 valence electrons. The monoisotopic (exact) mass is 265 g/mol. The van der Waals surface area contributed by atoms with Crippen LogP contribution in [-0.2, 0) is 18.4 Å². The van der Waals surface area contributed by atoms with Gasteiger partial charge in [-0.1, -0.05) is 17.7 Å². The highest BCUT2D eigenvalue weighted by Crippen LogP contribution is 2.23. The first-order valence-electron chi connectivity index (χ1n) is 5.26. The largest absolute Gasteiger partial charge is 0.457 e. The molecule has 2 rings (SSSR count). The van der Waals surface area contributed by atoms with Gasteiger partial charge in [-0.15, -0.1) is 0 Å². The van der Waals surface area contributed by atoms with Crippen LogP contribution in [0.1, 0.15) is 15.9 Å². The summed E-state index contributed by atoms with van der Waals surface area (Å²) in [5, 5.41) is 4.32. The summed E-state index contributed by atoms with van der Waals surface area (Å²) < 4.78 is 6.77. The van der Waals surface area contributed by atoms with E-state index in [1.807, 2.05) is 0 Å². The van der Waals surface area contributed by atoms with Gasteiger partial charge in [-0.2, -0.15) is 5.10 Å². The van der Waals surface area contributed by atoms with Crippen LogP contribution >= 0.6 is 11.6 Å². The van der Waals surface area contributed by atoms with E-state index in [1.54, 1.807) is 42.3 Å². The Balaban J connectivity index is 2.06. The number of carbonyl (C=O) groups is 1. The molecule has 1 aromatic carbocycles. The molecule has 0 spiro atoms. The third-order valence-corrected chi connectivity index (χ3v) is 2.73. The van der Waals surface area contributed by atoms with E-state index in [9.17, 15) is 4.79 Å². The number of halogens is 1. The van der Waals surface area contributed by atoms with Crippen LogP contribution in [0.4, 0.5) is 5.69 Å². The van der Waals surface area contributed by atoms with E-state index in [4.69, 9.17) is 22.1 Å². The van der Waals surface area contributed by atoms with Crippen LogP contribution in [-0.4, -0.2) is 15.7 Å². The number of nitrogen functional groups attached to an aromatic ring is 1. The van der Waals surface area contributed by atoms with Gasteiger partial charge in [0.05, 0.1) is 22.5 Å². The normalized spacial score (nSPS) is 10.3. The lowest BCUT2D eigenvalue weighted by molar-refractivity contribution is 0.0474. The predicted molar refractivity (Wildman–Crippen MR) is 68.2 cm³/mol. The topological polar surface area (TPSA) is 70.1 Å². The maximum atomic E-state index is 11.8. The Morgan fingerprint density at radius 2 is 2.33 bits per heavy atom. The molecule has 0 saturated heterocycles. The number of benzene rings is 1. The molecular weight excluding hydrogens is 254 g/mol. The zero-order valence-electron chi connectivity index (χ0n) is 9.76. The lowest BCUT2D eigenvalue weighted by Gasteiger charge is -2.06. The SMILES string of the molecule is Cn1cc(COC(=O)c2cccc(Cl)c2N)cn1. The molecule has 0 radical (unpaired) electrons. The van der Waals surface area contributed by atoms with Gasteiger partial charge in [0.25, 0.3) is 0 Å². The number of hydrogen-bond donors (Lipinski definition) is 1. The standard InChI is InChI=1S/C12H12ClN3O2/c1-16-6-8(5-15-16)7-18-12(17)9-3-2-4-10(13)11(9)14/h2-6H,7,14H2,1H3. The second-order valence-electron chi connectivity index (χ2n) is 3.80. The van der Waals surface area contributed by atoms with Crippen molar-refractivity contribution >= 4 is 23.3 Å². The highest BCUT2D eigenvalue weighted by molar-refractivity contribution is 6.33. The Bertz CT molecular complexity index is 580. The van der Waals surface area contributed by atoms with Crippen molar-refractivity contribution in [1.29, 1.82) is 0 Å². The molecule has 2 N–H and O–H groups in total. The molecule has 0 saturated carbocycles. The van der Waals surface area contributed by atoms with Crippen molar-refractivity contribution in [2.45, 2.75) is 6.61 Å². The number of rotatable bonds is 3. The van der Waals surface area contributed by atoms with Crippen LogP contribution < -0.4 is 5.73 Å². The van der Waals surface area contributed by atoms with E-state index in [1.165, 1.54) is 0 Å². The third-order valence-electron chi connectivity index (χ3n) is 2.40. The van der Waals surface area contributed by atoms with Gasteiger partial charge in [0.15, 0.2) is 0 Å². The minimum absolute atomic E-state index is 0.151. The fraction of sp³-hybridized carbons (Fsp3) is 0.167. The summed E-state index contributed by atoms with van der Waals surface area (Å²) in [6.07, 6.45) is 3.41. The number of carbonyl (C=O) groups excluding carboxylic acids is 1. The molecule has 5 nitrogen and oxygen atoms in total. The number of hydrogen-bond acceptors (Lipinski definition) is 4. The molecule has 1 aromatic heterocycles. The molecule has 2 aromatic rings. The minimum Gasteiger partial charge on any atom is -0.457 e. The minimum atomic E-state index is -0.501. The van der Waals surface area contributed by atoms with Crippen LogP contribution in [0.2, 0.25) is 5.02 Å². The molecular formula is C12H12ClN3O2. The van der Waals surface area contributed by atoms with Crippen molar-refractivity contribution in [3.8, 4) is 0 Å². The lowest BCUT2D eigenvalue weighted by atomic mass is 10.2. The van der Waals surface area contributed by atoms with Crippen molar-refractivity contribution in [2.24, 2.45) is 7.05 Å². The third kappa shape index (κ3) is 2.62. The number of nitrogens with two attached hydrogens (primary N) is 1. The number of aromatic nitrogens is 2. The number of aryl methyl sites for hydroxylation is 1. The van der Waals surface area contributed by atoms with Crippen LogP contribution in [0, 0.1) is 0 Å². The molecule has 6 heteroatoms. The molecule has 0 fully saturated rings. The summed E-state index contributed by atoms with van der Waals surface area (Å²) in [6, 6.07) is 4.85. The van der Waals surface area contributed by atoms with Gasteiger partial charge >= 0.3 is 5.97 Å². The molecule has 0 atom stereocenters. The molecule has 1 heterocycles. The zero-order valence-corrected chi connectivity index (χ0v) is 10.5. The van der Waals surface area contributed by atoms with E-state index in [2.05, 4.69) is 5.10 Å². The quantitative estimate of drug-likeness (QED) is 0.681. The maximum Gasteiger partial charge on any atom is 0.340 e. The summed E-state index contributed by atoms with van der Waals surface area (Å²) in [4.78, 5) is 11.8.